The van der Waals surface area contributed by atoms with Crippen molar-refractivity contribution < 1.29 is 28.4 Å². The molecule has 0 aliphatic carbocycles. The van der Waals surface area contributed by atoms with Gasteiger partial charge in [-0.3, -0.25) is 0 Å². The summed E-state index contributed by atoms with van der Waals surface area (Å²) in [6.07, 6.45) is 4.17. The maximum atomic E-state index is 6.22. The maximum absolute atomic E-state index is 6.22. The Morgan fingerprint density at radius 1 is 0.226 bits per heavy atom. The van der Waals surface area contributed by atoms with Gasteiger partial charge in [0.2, 0.25) is 0 Å². The van der Waals surface area contributed by atoms with Crippen LogP contribution < -0.4 is 28.4 Å². The Balaban J connectivity index is 0.851. The van der Waals surface area contributed by atoms with Gasteiger partial charge in [-0.1, -0.05) is 158 Å². The summed E-state index contributed by atoms with van der Waals surface area (Å²) >= 11 is 0. The van der Waals surface area contributed by atoms with Crippen LogP contribution in [0.5, 0.6) is 34.5 Å². The molecule has 0 saturated carbocycles. The van der Waals surface area contributed by atoms with E-state index >= 15 is 0 Å². The fraction of sp³-hybridized carbons (Fsp3) is 0.107. The first-order valence-corrected chi connectivity index (χ1v) is 20.7. The quantitative estimate of drug-likeness (QED) is 0.0714. The minimum atomic E-state index is 0.366. The molecule has 0 fully saturated rings. The average molecular weight is 817 g/mol. The molecule has 0 amide bonds. The van der Waals surface area contributed by atoms with Crippen LogP contribution in [0, 0.1) is 0 Å². The van der Waals surface area contributed by atoms with Gasteiger partial charge in [-0.15, -0.1) is 0 Å². The van der Waals surface area contributed by atoms with Gasteiger partial charge in [0.05, 0.1) is 0 Å². The molecular formula is C56H48O6. The smallest absolute Gasteiger partial charge is 0.123 e. The predicted molar refractivity (Wildman–Crippen MR) is 246 cm³/mol. The van der Waals surface area contributed by atoms with E-state index in [1.807, 2.05) is 158 Å². The molecule has 6 heteroatoms. The molecule has 0 heterocycles. The summed E-state index contributed by atoms with van der Waals surface area (Å²) in [7, 11) is 0. The molecule has 0 aliphatic heterocycles. The third-order valence-electron chi connectivity index (χ3n) is 9.91. The molecule has 0 unspecified atom stereocenters. The Morgan fingerprint density at radius 2 is 0.468 bits per heavy atom. The van der Waals surface area contributed by atoms with Gasteiger partial charge in [-0.25, -0.2) is 0 Å². The highest BCUT2D eigenvalue weighted by Crippen LogP contribution is 2.28. The third kappa shape index (κ3) is 12.9. The summed E-state index contributed by atoms with van der Waals surface area (Å²) in [4.78, 5) is 0. The zero-order chi connectivity index (χ0) is 42.0. The van der Waals surface area contributed by atoms with Crippen LogP contribution in [0.15, 0.2) is 206 Å². The van der Waals surface area contributed by atoms with Gasteiger partial charge >= 0.3 is 0 Å². The van der Waals surface area contributed by atoms with Gasteiger partial charge in [-0.2, -0.15) is 0 Å². The first-order valence-electron chi connectivity index (χ1n) is 20.7. The number of hydrogen-bond acceptors (Lipinski definition) is 6. The van der Waals surface area contributed by atoms with Crippen LogP contribution in [-0.4, -0.2) is 0 Å². The van der Waals surface area contributed by atoms with E-state index in [0.29, 0.717) is 39.6 Å². The van der Waals surface area contributed by atoms with Gasteiger partial charge in [0.15, 0.2) is 0 Å². The minimum Gasteiger partial charge on any atom is -0.489 e. The fourth-order valence-electron chi connectivity index (χ4n) is 6.60. The SMILES string of the molecule is C(=C\c1ccc(OCc2cc(OCc3ccccc3)cc(OCc3ccccc3)c2)cc1)/c1ccc(OCc2cc(OCc3ccccc3)cc(OCc3ccccc3)c2)cc1. The average Bonchev–Trinajstić information content (AvgIpc) is 3.34. The standard InChI is InChI=1S/C56H48O6/c1-5-13-45(14-6-1)37-59-53-31-49(32-54(35-53)60-38-46-15-7-2-8-16-46)41-57-51-27-23-43(24-28-51)21-22-44-25-29-52(30-26-44)58-42-50-33-55(61-39-47-17-9-3-10-18-47)36-56(34-50)62-40-48-19-11-4-12-20-48/h1-36H,37-42H2/b22-21+. The number of hydrogen-bond donors (Lipinski definition) is 0. The van der Waals surface area contributed by atoms with Crippen molar-refractivity contribution in [3.63, 3.8) is 0 Å². The summed E-state index contributed by atoms with van der Waals surface area (Å²) in [5, 5.41) is 0. The van der Waals surface area contributed by atoms with Gasteiger partial charge in [0.1, 0.15) is 74.1 Å². The lowest BCUT2D eigenvalue weighted by Crippen LogP contribution is -2.01. The fourth-order valence-corrected chi connectivity index (χ4v) is 6.60. The Kier molecular flexibility index (Phi) is 14.3. The van der Waals surface area contributed by atoms with E-state index in [1.54, 1.807) is 0 Å². The van der Waals surface area contributed by atoms with Crippen LogP contribution in [-0.2, 0) is 39.6 Å². The van der Waals surface area contributed by atoms with Crippen molar-refractivity contribution in [2.75, 3.05) is 0 Å². The molecule has 0 spiro atoms. The van der Waals surface area contributed by atoms with Gasteiger partial charge in [0.25, 0.3) is 0 Å². The molecule has 0 bridgehead atoms. The molecule has 0 saturated heterocycles. The second-order valence-electron chi connectivity index (χ2n) is 14.8. The van der Waals surface area contributed by atoms with E-state index in [9.17, 15) is 0 Å². The number of ether oxygens (including phenoxy) is 6. The van der Waals surface area contributed by atoms with Gasteiger partial charge in [-0.05, 0) is 93.0 Å². The van der Waals surface area contributed by atoms with Crippen LogP contribution in [0.2, 0.25) is 0 Å². The molecule has 0 atom stereocenters. The topological polar surface area (TPSA) is 55.4 Å². The second-order valence-corrected chi connectivity index (χ2v) is 14.8. The third-order valence-corrected chi connectivity index (χ3v) is 9.91. The molecule has 62 heavy (non-hydrogen) atoms. The summed E-state index contributed by atoms with van der Waals surface area (Å²) < 4.78 is 37.2. The molecule has 0 radical (unpaired) electrons. The lowest BCUT2D eigenvalue weighted by molar-refractivity contribution is 0.281. The van der Waals surface area contributed by atoms with Crippen molar-refractivity contribution in [1.82, 2.24) is 0 Å². The Bertz CT molecular complexity index is 2290. The van der Waals surface area contributed by atoms with E-state index < -0.39 is 0 Å². The monoisotopic (exact) mass is 816 g/mol. The van der Waals surface area contributed by atoms with E-state index in [-0.39, 0.29) is 0 Å². The highest BCUT2D eigenvalue weighted by atomic mass is 16.5. The minimum absolute atomic E-state index is 0.366. The van der Waals surface area contributed by atoms with E-state index in [2.05, 4.69) is 60.7 Å². The number of rotatable bonds is 20. The zero-order valence-electron chi connectivity index (χ0n) is 34.5. The second kappa shape index (κ2) is 21.5. The molecule has 8 aromatic carbocycles. The molecule has 8 aromatic rings. The zero-order valence-corrected chi connectivity index (χ0v) is 34.5. The van der Waals surface area contributed by atoms with Crippen molar-refractivity contribution in [2.24, 2.45) is 0 Å². The van der Waals surface area contributed by atoms with Crippen molar-refractivity contribution in [3.05, 3.63) is 251 Å². The van der Waals surface area contributed by atoms with E-state index in [1.165, 1.54) is 0 Å². The van der Waals surface area contributed by atoms with Crippen molar-refractivity contribution in [1.29, 1.82) is 0 Å². The lowest BCUT2D eigenvalue weighted by Gasteiger charge is -2.14. The van der Waals surface area contributed by atoms with Gasteiger partial charge in [0, 0.05) is 12.1 Å². The van der Waals surface area contributed by atoms with E-state index in [0.717, 1.165) is 79.0 Å². The molecule has 0 aromatic heterocycles. The van der Waals surface area contributed by atoms with Crippen LogP contribution in [0.1, 0.15) is 44.5 Å². The molecular weight excluding hydrogens is 769 g/mol. The summed E-state index contributed by atoms with van der Waals surface area (Å²) in [5.74, 6) is 4.46. The summed E-state index contributed by atoms with van der Waals surface area (Å²) in [5.41, 5.74) is 8.42. The van der Waals surface area contributed by atoms with Crippen LogP contribution >= 0.6 is 0 Å². The predicted octanol–water partition coefficient (Wildman–Crippen LogP) is 13.3. The van der Waals surface area contributed by atoms with Crippen molar-refractivity contribution in [2.45, 2.75) is 39.6 Å². The van der Waals surface area contributed by atoms with Crippen LogP contribution in [0.25, 0.3) is 12.2 Å². The van der Waals surface area contributed by atoms with Crippen LogP contribution in [0.4, 0.5) is 0 Å². The molecule has 0 N–H and O–H groups in total. The number of benzene rings is 8. The Labute approximate surface area is 364 Å². The molecule has 0 aliphatic rings. The summed E-state index contributed by atoms with van der Waals surface area (Å²) in [6, 6.07) is 68.5. The molecule has 308 valence electrons. The molecule has 6 nitrogen and oxygen atoms in total. The van der Waals surface area contributed by atoms with Crippen molar-refractivity contribution in [3.8, 4) is 34.5 Å². The maximum Gasteiger partial charge on any atom is 0.123 e. The Hall–Kier alpha value is -7.70. The highest BCUT2D eigenvalue weighted by molar-refractivity contribution is 5.70. The highest BCUT2D eigenvalue weighted by Gasteiger charge is 2.09. The van der Waals surface area contributed by atoms with Gasteiger partial charge < -0.3 is 28.4 Å². The summed E-state index contributed by atoms with van der Waals surface area (Å²) in [6.45, 7) is 2.58. The van der Waals surface area contributed by atoms with Crippen molar-refractivity contribution >= 4 is 12.2 Å². The first-order chi connectivity index (χ1) is 30.6. The van der Waals surface area contributed by atoms with E-state index in [4.69, 9.17) is 28.4 Å². The first kappa shape index (κ1) is 41.1. The Morgan fingerprint density at radius 3 is 0.742 bits per heavy atom. The largest absolute Gasteiger partial charge is 0.489 e. The lowest BCUT2D eigenvalue weighted by atomic mass is 10.1. The molecule has 8 rings (SSSR count). The normalized spacial score (nSPS) is 10.9. The van der Waals surface area contributed by atoms with Crippen LogP contribution in [0.3, 0.4) is 0 Å².